The summed E-state index contributed by atoms with van der Waals surface area (Å²) in [6.45, 7) is 2.67. The summed E-state index contributed by atoms with van der Waals surface area (Å²) in [6, 6.07) is 2.87. The maximum absolute atomic E-state index is 12.7. The number of nitrogens with one attached hydrogen (secondary N) is 1. The first-order valence-electron chi connectivity index (χ1n) is 7.66. The summed E-state index contributed by atoms with van der Waals surface area (Å²) in [7, 11) is 0. The summed E-state index contributed by atoms with van der Waals surface area (Å²) in [6.07, 6.45) is 2.92. The van der Waals surface area contributed by atoms with Crippen LogP contribution >= 0.6 is 0 Å². The predicted molar refractivity (Wildman–Crippen MR) is 84.5 cm³/mol. The second-order valence-electron chi connectivity index (χ2n) is 5.83. The van der Waals surface area contributed by atoms with Crippen molar-refractivity contribution in [3.05, 3.63) is 39.9 Å². The number of hydrogen-bond acceptors (Lipinski definition) is 5. The highest BCUT2D eigenvalue weighted by Crippen LogP contribution is 2.20. The molecule has 1 unspecified atom stereocenters. The largest absolute Gasteiger partial charge is 0.369 e. The molecule has 3 heterocycles. The minimum Gasteiger partial charge on any atom is -0.369 e. The summed E-state index contributed by atoms with van der Waals surface area (Å²) in [5.41, 5.74) is 6.10. The molecule has 9 heteroatoms. The van der Waals surface area contributed by atoms with Crippen LogP contribution in [0, 0.1) is 12.8 Å². The van der Waals surface area contributed by atoms with E-state index in [2.05, 4.69) is 15.3 Å². The molecule has 2 amide bonds. The van der Waals surface area contributed by atoms with Crippen molar-refractivity contribution in [1.29, 1.82) is 0 Å². The number of likely N-dealkylation sites (tertiary alicyclic amines) is 1. The van der Waals surface area contributed by atoms with Gasteiger partial charge in [-0.3, -0.25) is 14.4 Å². The van der Waals surface area contributed by atoms with Gasteiger partial charge in [0.15, 0.2) is 5.82 Å². The van der Waals surface area contributed by atoms with Crippen molar-refractivity contribution < 1.29 is 9.59 Å². The average molecular weight is 330 g/mol. The lowest BCUT2D eigenvalue weighted by Gasteiger charge is -2.31. The van der Waals surface area contributed by atoms with Crippen LogP contribution in [0.5, 0.6) is 0 Å². The molecule has 0 saturated carbocycles. The van der Waals surface area contributed by atoms with Gasteiger partial charge in [0.25, 0.3) is 11.5 Å². The second-order valence-corrected chi connectivity index (χ2v) is 5.83. The zero-order chi connectivity index (χ0) is 17.3. The number of aromatic amines is 1. The van der Waals surface area contributed by atoms with Crippen LogP contribution < -0.4 is 11.3 Å². The number of carbonyl (C=O) groups excluding carboxylic acids is 2. The fourth-order valence-corrected chi connectivity index (χ4v) is 2.87. The third-order valence-electron chi connectivity index (χ3n) is 4.23. The van der Waals surface area contributed by atoms with Crippen LogP contribution in [0.1, 0.15) is 28.9 Å². The Hall–Kier alpha value is -2.97. The van der Waals surface area contributed by atoms with Gasteiger partial charge in [0, 0.05) is 19.2 Å². The molecule has 0 bridgehead atoms. The highest BCUT2D eigenvalue weighted by Gasteiger charge is 2.29. The van der Waals surface area contributed by atoms with Crippen LogP contribution in [0.2, 0.25) is 0 Å². The molecule has 0 spiro atoms. The fourth-order valence-electron chi connectivity index (χ4n) is 2.87. The number of rotatable bonds is 3. The summed E-state index contributed by atoms with van der Waals surface area (Å²) >= 11 is 0. The standard InChI is InChI=1S/C15H18N6O3/c1-9-11(7-17-21(9)12-4-5-13(22)19-18-12)15(24)20-6-2-3-10(8-20)14(16)23/h4-5,7,10H,2-3,6,8H2,1H3,(H2,16,23)(H,19,22). The van der Waals surface area contributed by atoms with Gasteiger partial charge in [0.1, 0.15) is 0 Å². The highest BCUT2D eigenvalue weighted by molar-refractivity contribution is 5.95. The lowest BCUT2D eigenvalue weighted by Crippen LogP contribution is -2.44. The molecule has 24 heavy (non-hydrogen) atoms. The van der Waals surface area contributed by atoms with E-state index >= 15 is 0 Å². The van der Waals surface area contributed by atoms with Gasteiger partial charge in [0.2, 0.25) is 5.91 Å². The van der Waals surface area contributed by atoms with Crippen LogP contribution in [0.3, 0.4) is 0 Å². The minimum atomic E-state index is -0.377. The van der Waals surface area contributed by atoms with Gasteiger partial charge in [-0.2, -0.15) is 10.2 Å². The molecule has 1 aliphatic rings. The lowest BCUT2D eigenvalue weighted by molar-refractivity contribution is -0.123. The zero-order valence-corrected chi connectivity index (χ0v) is 13.2. The first kappa shape index (κ1) is 15.9. The molecule has 3 rings (SSSR count). The van der Waals surface area contributed by atoms with Gasteiger partial charge >= 0.3 is 0 Å². The lowest BCUT2D eigenvalue weighted by atomic mass is 9.97. The van der Waals surface area contributed by atoms with Gasteiger partial charge in [-0.1, -0.05) is 0 Å². The number of piperidine rings is 1. The van der Waals surface area contributed by atoms with E-state index in [-0.39, 0.29) is 23.3 Å². The Morgan fingerprint density at radius 3 is 2.83 bits per heavy atom. The zero-order valence-electron chi connectivity index (χ0n) is 13.2. The summed E-state index contributed by atoms with van der Waals surface area (Å²) in [5, 5.41) is 10.4. The van der Waals surface area contributed by atoms with Gasteiger partial charge in [-0.05, 0) is 25.8 Å². The minimum absolute atomic E-state index is 0.186. The van der Waals surface area contributed by atoms with Crippen molar-refractivity contribution in [2.24, 2.45) is 11.7 Å². The molecule has 1 fully saturated rings. The van der Waals surface area contributed by atoms with Gasteiger partial charge < -0.3 is 10.6 Å². The number of aromatic nitrogens is 4. The third-order valence-corrected chi connectivity index (χ3v) is 4.23. The molecule has 0 radical (unpaired) electrons. The number of hydrogen-bond donors (Lipinski definition) is 2. The number of amides is 2. The van der Waals surface area contributed by atoms with E-state index in [9.17, 15) is 14.4 Å². The van der Waals surface area contributed by atoms with Crippen LogP contribution in [0.15, 0.2) is 23.1 Å². The number of H-pyrrole nitrogens is 1. The van der Waals surface area contributed by atoms with E-state index in [0.717, 1.165) is 6.42 Å². The maximum atomic E-state index is 12.7. The number of nitrogens with two attached hydrogens (primary N) is 1. The molecule has 0 aromatic carbocycles. The Labute approximate surface area is 137 Å². The molecule has 1 aliphatic heterocycles. The van der Waals surface area contributed by atoms with Crippen molar-refractivity contribution in [1.82, 2.24) is 24.9 Å². The number of primary amides is 1. The fraction of sp³-hybridized carbons (Fsp3) is 0.400. The predicted octanol–water partition coefficient (Wildman–Crippen LogP) is -0.398. The van der Waals surface area contributed by atoms with E-state index in [4.69, 9.17) is 5.73 Å². The topological polar surface area (TPSA) is 127 Å². The first-order valence-corrected chi connectivity index (χ1v) is 7.66. The quantitative estimate of drug-likeness (QED) is 0.792. The normalized spacial score (nSPS) is 17.7. The van der Waals surface area contributed by atoms with Crippen molar-refractivity contribution in [3.8, 4) is 5.82 Å². The van der Waals surface area contributed by atoms with E-state index < -0.39 is 0 Å². The first-order chi connectivity index (χ1) is 11.5. The summed E-state index contributed by atoms with van der Waals surface area (Å²) in [5.74, 6) is -0.454. The molecule has 1 atom stereocenters. The molecule has 126 valence electrons. The molecule has 1 saturated heterocycles. The number of carbonyl (C=O) groups is 2. The molecule has 0 aliphatic carbocycles. The Morgan fingerprint density at radius 2 is 2.17 bits per heavy atom. The SMILES string of the molecule is Cc1c(C(=O)N2CCCC(C(N)=O)C2)cnn1-c1ccc(=O)[nH]n1. The summed E-state index contributed by atoms with van der Waals surface area (Å²) < 4.78 is 1.48. The molecule has 9 nitrogen and oxygen atoms in total. The molecular weight excluding hydrogens is 312 g/mol. The van der Waals surface area contributed by atoms with E-state index in [0.29, 0.717) is 36.6 Å². The van der Waals surface area contributed by atoms with E-state index in [1.54, 1.807) is 11.8 Å². The van der Waals surface area contributed by atoms with Crippen molar-refractivity contribution in [3.63, 3.8) is 0 Å². The van der Waals surface area contributed by atoms with Crippen molar-refractivity contribution in [2.75, 3.05) is 13.1 Å². The van der Waals surface area contributed by atoms with E-state index in [1.807, 2.05) is 0 Å². The molecule has 3 N–H and O–H groups in total. The average Bonchev–Trinajstić information content (AvgIpc) is 2.96. The highest BCUT2D eigenvalue weighted by atomic mass is 16.2. The van der Waals surface area contributed by atoms with Gasteiger partial charge in [-0.25, -0.2) is 9.78 Å². The molecule has 2 aromatic heterocycles. The Bertz CT molecular complexity index is 819. The molecule has 2 aromatic rings. The van der Waals surface area contributed by atoms with Crippen LogP contribution in [0.4, 0.5) is 0 Å². The van der Waals surface area contributed by atoms with Crippen LogP contribution in [0.25, 0.3) is 5.82 Å². The molecular formula is C15H18N6O3. The Kier molecular flexibility index (Phi) is 4.15. The van der Waals surface area contributed by atoms with Crippen LogP contribution in [-0.4, -0.2) is 49.8 Å². The third kappa shape index (κ3) is 2.92. The van der Waals surface area contributed by atoms with Gasteiger partial charge in [-0.15, -0.1) is 0 Å². The van der Waals surface area contributed by atoms with Crippen LogP contribution in [-0.2, 0) is 4.79 Å². The van der Waals surface area contributed by atoms with E-state index in [1.165, 1.54) is 23.0 Å². The monoisotopic (exact) mass is 330 g/mol. The smallest absolute Gasteiger partial charge is 0.264 e. The number of nitrogens with zero attached hydrogens (tertiary/aromatic N) is 4. The van der Waals surface area contributed by atoms with Gasteiger partial charge in [0.05, 0.1) is 23.4 Å². The second kappa shape index (κ2) is 6.26. The Morgan fingerprint density at radius 1 is 1.38 bits per heavy atom. The van der Waals surface area contributed by atoms with Crippen molar-refractivity contribution in [2.45, 2.75) is 19.8 Å². The summed E-state index contributed by atoms with van der Waals surface area (Å²) in [4.78, 5) is 36.8. The Balaban J connectivity index is 1.85. The maximum Gasteiger partial charge on any atom is 0.264 e. The van der Waals surface area contributed by atoms with Crippen molar-refractivity contribution >= 4 is 11.8 Å².